The number of carbonyl (C=O) groups excluding carboxylic acids is 1. The van der Waals surface area contributed by atoms with Crippen LogP contribution in [0.25, 0.3) is 0 Å². The highest BCUT2D eigenvalue weighted by Crippen LogP contribution is 2.37. The van der Waals surface area contributed by atoms with Gasteiger partial charge in [-0.3, -0.25) is 9.59 Å². The Kier molecular flexibility index (Phi) is 7.60. The molecule has 34 heavy (non-hydrogen) atoms. The van der Waals surface area contributed by atoms with Gasteiger partial charge in [0.25, 0.3) is 0 Å². The summed E-state index contributed by atoms with van der Waals surface area (Å²) in [5.74, 6) is 0.440. The number of carboxylic acids is 1. The molecule has 0 radical (unpaired) electrons. The number of carbonyl (C=O) groups is 2. The molecule has 0 aliphatic carbocycles. The Balaban J connectivity index is 1.39. The number of hydrogen-bond donors (Lipinski definition) is 3. The Morgan fingerprint density at radius 1 is 1.09 bits per heavy atom. The van der Waals surface area contributed by atoms with Crippen LogP contribution in [-0.4, -0.2) is 41.2 Å². The number of anilines is 3. The Hall–Kier alpha value is -4.07. The maximum absolute atomic E-state index is 12.5. The first kappa shape index (κ1) is 23.1. The molecule has 0 saturated heterocycles. The highest BCUT2D eigenvalue weighted by molar-refractivity contribution is 5.91. The third kappa shape index (κ3) is 6.48. The van der Waals surface area contributed by atoms with Gasteiger partial charge in [-0.05, 0) is 42.3 Å². The second kappa shape index (κ2) is 11.2. The number of nitrogens with one attached hydrogen (secondary N) is 2. The van der Waals surface area contributed by atoms with Crippen molar-refractivity contribution in [1.82, 2.24) is 4.98 Å². The number of amides is 1. The van der Waals surface area contributed by atoms with E-state index in [0.29, 0.717) is 43.9 Å². The standard InChI is InChI=1S/C26H28N4O4/c31-25(10-6-14-28-24-9-4-5-13-27-24)29-20-11-12-23-22(15-20)30(17-19-7-2-1-3-8-19)18-21(34-23)16-26(32)33/h1-5,7-9,11-13,15,21H,6,10,14,16-18H2,(H,27,28)(H,29,31)(H,32,33). The first-order chi connectivity index (χ1) is 16.6. The van der Waals surface area contributed by atoms with E-state index in [4.69, 9.17) is 4.74 Å². The maximum Gasteiger partial charge on any atom is 0.307 e. The van der Waals surface area contributed by atoms with Crippen molar-refractivity contribution < 1.29 is 19.4 Å². The molecule has 2 heterocycles. The fourth-order valence-electron chi connectivity index (χ4n) is 3.91. The van der Waals surface area contributed by atoms with E-state index in [1.54, 1.807) is 18.3 Å². The van der Waals surface area contributed by atoms with Crippen molar-refractivity contribution in [2.45, 2.75) is 31.9 Å². The minimum atomic E-state index is -0.894. The zero-order chi connectivity index (χ0) is 23.8. The number of nitrogens with zero attached hydrogens (tertiary/aromatic N) is 2. The molecule has 0 bridgehead atoms. The minimum absolute atomic E-state index is 0.0714. The topological polar surface area (TPSA) is 104 Å². The van der Waals surface area contributed by atoms with Crippen LogP contribution >= 0.6 is 0 Å². The van der Waals surface area contributed by atoms with Gasteiger partial charge in [-0.2, -0.15) is 0 Å². The Morgan fingerprint density at radius 3 is 2.68 bits per heavy atom. The Labute approximate surface area is 198 Å². The van der Waals surface area contributed by atoms with Gasteiger partial charge in [-0.1, -0.05) is 36.4 Å². The van der Waals surface area contributed by atoms with Gasteiger partial charge >= 0.3 is 5.97 Å². The van der Waals surface area contributed by atoms with Crippen LogP contribution in [0.5, 0.6) is 5.75 Å². The number of rotatable bonds is 10. The van der Waals surface area contributed by atoms with E-state index in [0.717, 1.165) is 17.1 Å². The molecule has 8 heteroatoms. The molecule has 1 aliphatic heterocycles. The van der Waals surface area contributed by atoms with Gasteiger partial charge in [0, 0.05) is 31.4 Å². The molecule has 1 amide bonds. The van der Waals surface area contributed by atoms with E-state index in [1.165, 1.54) is 0 Å². The van der Waals surface area contributed by atoms with Crippen molar-refractivity contribution in [1.29, 1.82) is 0 Å². The van der Waals surface area contributed by atoms with Crippen molar-refractivity contribution in [3.05, 3.63) is 78.5 Å². The van der Waals surface area contributed by atoms with Gasteiger partial charge in [0.05, 0.1) is 18.7 Å². The predicted octanol–water partition coefficient (Wildman–Crippen LogP) is 4.15. The number of benzene rings is 2. The van der Waals surface area contributed by atoms with E-state index in [2.05, 4.69) is 20.5 Å². The highest BCUT2D eigenvalue weighted by atomic mass is 16.5. The molecule has 1 unspecified atom stereocenters. The molecule has 1 aliphatic rings. The van der Waals surface area contributed by atoms with Gasteiger partial charge in [0.2, 0.25) is 5.91 Å². The van der Waals surface area contributed by atoms with Crippen LogP contribution in [-0.2, 0) is 16.1 Å². The van der Waals surface area contributed by atoms with Gasteiger partial charge in [0.1, 0.15) is 17.7 Å². The van der Waals surface area contributed by atoms with Crippen LogP contribution in [0.2, 0.25) is 0 Å². The van der Waals surface area contributed by atoms with Crippen LogP contribution in [0, 0.1) is 0 Å². The van der Waals surface area contributed by atoms with Crippen molar-refractivity contribution in [3.8, 4) is 5.75 Å². The van der Waals surface area contributed by atoms with E-state index >= 15 is 0 Å². The number of aliphatic carboxylic acids is 1. The lowest BCUT2D eigenvalue weighted by molar-refractivity contribution is -0.138. The van der Waals surface area contributed by atoms with Crippen molar-refractivity contribution in [2.24, 2.45) is 0 Å². The lowest BCUT2D eigenvalue weighted by atomic mass is 10.1. The summed E-state index contributed by atoms with van der Waals surface area (Å²) < 4.78 is 5.94. The van der Waals surface area contributed by atoms with Gasteiger partial charge in [0.15, 0.2) is 0 Å². The molecule has 0 spiro atoms. The monoisotopic (exact) mass is 460 g/mol. The average molecular weight is 461 g/mol. The van der Waals surface area contributed by atoms with Crippen LogP contribution in [0.15, 0.2) is 72.9 Å². The van der Waals surface area contributed by atoms with E-state index in [9.17, 15) is 14.7 Å². The third-order valence-electron chi connectivity index (χ3n) is 5.47. The second-order valence-corrected chi connectivity index (χ2v) is 8.18. The van der Waals surface area contributed by atoms with Crippen LogP contribution in [0.1, 0.15) is 24.8 Å². The number of pyridine rings is 1. The highest BCUT2D eigenvalue weighted by Gasteiger charge is 2.28. The van der Waals surface area contributed by atoms with Crippen LogP contribution < -0.4 is 20.3 Å². The molecule has 3 aromatic rings. The smallest absolute Gasteiger partial charge is 0.307 e. The van der Waals surface area contributed by atoms with Crippen molar-refractivity contribution in [3.63, 3.8) is 0 Å². The summed E-state index contributed by atoms with van der Waals surface area (Å²) in [7, 11) is 0. The van der Waals surface area contributed by atoms with Gasteiger partial charge < -0.3 is 25.4 Å². The lowest BCUT2D eigenvalue weighted by Gasteiger charge is -2.36. The molecule has 0 saturated carbocycles. The molecule has 8 nitrogen and oxygen atoms in total. The number of ether oxygens (including phenoxy) is 1. The Morgan fingerprint density at radius 2 is 1.91 bits per heavy atom. The van der Waals surface area contributed by atoms with Crippen LogP contribution in [0.3, 0.4) is 0 Å². The molecule has 176 valence electrons. The molecule has 1 aromatic heterocycles. The second-order valence-electron chi connectivity index (χ2n) is 8.18. The predicted molar refractivity (Wildman–Crippen MR) is 131 cm³/mol. The largest absolute Gasteiger partial charge is 0.486 e. The first-order valence-electron chi connectivity index (χ1n) is 11.3. The van der Waals surface area contributed by atoms with E-state index < -0.39 is 12.1 Å². The lowest BCUT2D eigenvalue weighted by Crippen LogP contribution is -2.40. The zero-order valence-corrected chi connectivity index (χ0v) is 18.8. The molecular weight excluding hydrogens is 432 g/mol. The number of carboxylic acid groups (broad SMARTS) is 1. The summed E-state index contributed by atoms with van der Waals surface area (Å²) in [6.07, 6.45) is 2.26. The Bertz CT molecular complexity index is 1110. The van der Waals surface area contributed by atoms with E-state index in [1.807, 2.05) is 54.6 Å². The molecule has 4 rings (SSSR count). The van der Waals surface area contributed by atoms with Crippen LogP contribution in [0.4, 0.5) is 17.2 Å². The first-order valence-corrected chi connectivity index (χ1v) is 11.3. The number of hydrogen-bond acceptors (Lipinski definition) is 6. The summed E-state index contributed by atoms with van der Waals surface area (Å²) in [6.45, 7) is 1.72. The summed E-state index contributed by atoms with van der Waals surface area (Å²) in [5, 5.41) is 15.4. The van der Waals surface area contributed by atoms with Gasteiger partial charge in [-0.25, -0.2) is 4.98 Å². The van der Waals surface area contributed by atoms with E-state index in [-0.39, 0.29) is 12.3 Å². The van der Waals surface area contributed by atoms with Crippen molar-refractivity contribution in [2.75, 3.05) is 28.6 Å². The average Bonchev–Trinajstić information content (AvgIpc) is 2.83. The molecule has 3 N–H and O–H groups in total. The SMILES string of the molecule is O=C(O)CC1CN(Cc2ccccc2)c2cc(NC(=O)CCCNc3ccccn3)ccc2O1. The molecule has 2 aromatic carbocycles. The quantitative estimate of drug-likeness (QED) is 0.390. The maximum atomic E-state index is 12.5. The number of aromatic nitrogens is 1. The normalized spacial score (nSPS) is 14.6. The third-order valence-corrected chi connectivity index (χ3v) is 5.47. The molecular formula is C26H28N4O4. The zero-order valence-electron chi connectivity index (χ0n) is 18.8. The number of fused-ring (bicyclic) bond motifs is 1. The summed E-state index contributed by atoms with van der Waals surface area (Å²) in [4.78, 5) is 30.0. The van der Waals surface area contributed by atoms with Gasteiger partial charge in [-0.15, -0.1) is 0 Å². The minimum Gasteiger partial charge on any atom is -0.486 e. The summed E-state index contributed by atoms with van der Waals surface area (Å²) in [5.41, 5.74) is 2.62. The summed E-state index contributed by atoms with van der Waals surface area (Å²) in [6, 6.07) is 21.1. The fraction of sp³-hybridized carbons (Fsp3) is 0.269. The molecule has 1 atom stereocenters. The fourth-order valence-corrected chi connectivity index (χ4v) is 3.91. The van der Waals surface area contributed by atoms with Crippen molar-refractivity contribution >= 4 is 29.1 Å². The summed E-state index contributed by atoms with van der Waals surface area (Å²) >= 11 is 0. The molecule has 0 fully saturated rings.